The van der Waals surface area contributed by atoms with Crippen LogP contribution in [0.25, 0.3) is 0 Å². The summed E-state index contributed by atoms with van der Waals surface area (Å²) in [5.74, 6) is 0. The van der Waals surface area contributed by atoms with Crippen molar-refractivity contribution in [1.82, 2.24) is 0 Å². The van der Waals surface area contributed by atoms with Gasteiger partial charge in [0.05, 0.1) is 5.56 Å². The van der Waals surface area contributed by atoms with Crippen LogP contribution in [0.2, 0.25) is 0 Å². The molecule has 1 aromatic carbocycles. The van der Waals surface area contributed by atoms with Gasteiger partial charge in [0, 0.05) is 0 Å². The molecule has 0 aliphatic heterocycles. The quantitative estimate of drug-likeness (QED) is 0.523. The molecule has 0 radical (unpaired) electrons. The molecular weight excluding hydrogens is 203 g/mol. The van der Waals surface area contributed by atoms with Crippen molar-refractivity contribution in [2.45, 2.75) is 46.0 Å². The maximum atomic E-state index is 12.7. The number of carbonyl (C=O) groups excluding carboxylic acids is 1. The van der Waals surface area contributed by atoms with Crippen molar-refractivity contribution in [3.63, 3.8) is 0 Å². The molecule has 0 amide bonds. The summed E-state index contributed by atoms with van der Waals surface area (Å²) in [5.41, 5.74) is 2.31. The zero-order valence-corrected chi connectivity index (χ0v) is 10.1. The standard InChI is InChI=1S/C14H19FO/c1-3-5-6-7-12-8-11(4-2)9-13(10-12)14(15)16/h8-10H,3-7H2,1-2H3. The number of benzene rings is 1. The lowest BCUT2D eigenvalue weighted by Crippen LogP contribution is -1.96. The van der Waals surface area contributed by atoms with E-state index in [0.717, 1.165) is 30.4 Å². The Balaban J connectivity index is 2.82. The lowest BCUT2D eigenvalue weighted by molar-refractivity contribution is 0.0835. The highest BCUT2D eigenvalue weighted by Crippen LogP contribution is 2.15. The van der Waals surface area contributed by atoms with Crippen LogP contribution in [0.1, 0.15) is 54.6 Å². The van der Waals surface area contributed by atoms with Gasteiger partial charge in [-0.05, 0) is 42.5 Å². The second-order valence-corrected chi connectivity index (χ2v) is 4.12. The lowest BCUT2D eigenvalue weighted by atomic mass is 10.00. The minimum Gasteiger partial charge on any atom is -0.255 e. The van der Waals surface area contributed by atoms with Crippen LogP contribution in [0.4, 0.5) is 4.39 Å². The summed E-state index contributed by atoms with van der Waals surface area (Å²) < 4.78 is 12.7. The molecule has 0 bridgehead atoms. The van der Waals surface area contributed by atoms with Gasteiger partial charge in [0.1, 0.15) is 0 Å². The summed E-state index contributed by atoms with van der Waals surface area (Å²) in [6, 6.07) is 4.07. The number of hydrogen-bond acceptors (Lipinski definition) is 1. The van der Waals surface area contributed by atoms with E-state index in [1.54, 1.807) is 12.1 Å². The first-order valence-corrected chi connectivity index (χ1v) is 6.00. The molecule has 1 aromatic rings. The Labute approximate surface area is 96.7 Å². The van der Waals surface area contributed by atoms with Crippen LogP contribution in [0.15, 0.2) is 18.2 Å². The molecule has 0 aliphatic carbocycles. The third-order valence-electron chi connectivity index (χ3n) is 2.76. The number of carbonyl (C=O) groups is 1. The smallest absolute Gasteiger partial charge is 0.255 e. The van der Waals surface area contributed by atoms with E-state index >= 15 is 0 Å². The highest BCUT2D eigenvalue weighted by Gasteiger charge is 2.06. The topological polar surface area (TPSA) is 17.1 Å². The van der Waals surface area contributed by atoms with Crippen LogP contribution in [0.3, 0.4) is 0 Å². The summed E-state index contributed by atoms with van der Waals surface area (Å²) in [5, 5.41) is 0. The zero-order chi connectivity index (χ0) is 12.0. The van der Waals surface area contributed by atoms with Crippen molar-refractivity contribution in [1.29, 1.82) is 0 Å². The molecule has 1 rings (SSSR count). The Bertz CT molecular complexity index is 358. The van der Waals surface area contributed by atoms with Gasteiger partial charge in [-0.2, -0.15) is 4.39 Å². The molecule has 0 heterocycles. The molecule has 0 N–H and O–H groups in total. The number of unbranched alkanes of at least 4 members (excludes halogenated alkanes) is 2. The van der Waals surface area contributed by atoms with Gasteiger partial charge >= 0.3 is 6.04 Å². The average Bonchev–Trinajstić information content (AvgIpc) is 2.29. The van der Waals surface area contributed by atoms with Gasteiger partial charge in [-0.15, -0.1) is 0 Å². The largest absolute Gasteiger partial charge is 0.332 e. The van der Waals surface area contributed by atoms with Gasteiger partial charge < -0.3 is 0 Å². The predicted molar refractivity (Wildman–Crippen MR) is 64.5 cm³/mol. The maximum Gasteiger partial charge on any atom is 0.332 e. The fraction of sp³-hybridized carbons (Fsp3) is 0.500. The third kappa shape index (κ3) is 3.76. The summed E-state index contributed by atoms with van der Waals surface area (Å²) >= 11 is 0. The van der Waals surface area contributed by atoms with Crippen LogP contribution in [-0.4, -0.2) is 6.04 Å². The van der Waals surface area contributed by atoms with E-state index in [1.165, 1.54) is 12.8 Å². The van der Waals surface area contributed by atoms with E-state index in [2.05, 4.69) is 13.0 Å². The molecule has 0 aromatic heterocycles. The molecule has 0 atom stereocenters. The Morgan fingerprint density at radius 3 is 2.38 bits per heavy atom. The first kappa shape index (κ1) is 12.9. The predicted octanol–water partition coefficient (Wildman–Crippen LogP) is 4.09. The Kier molecular flexibility index (Phi) is 5.17. The van der Waals surface area contributed by atoms with Gasteiger partial charge in [-0.3, -0.25) is 4.79 Å². The van der Waals surface area contributed by atoms with Gasteiger partial charge in [0.25, 0.3) is 0 Å². The highest BCUT2D eigenvalue weighted by atomic mass is 19.1. The lowest BCUT2D eigenvalue weighted by Gasteiger charge is -2.05. The number of rotatable bonds is 6. The normalized spacial score (nSPS) is 10.4. The Morgan fingerprint density at radius 1 is 1.12 bits per heavy atom. The fourth-order valence-corrected chi connectivity index (χ4v) is 1.80. The maximum absolute atomic E-state index is 12.7. The van der Waals surface area contributed by atoms with Gasteiger partial charge in [0.15, 0.2) is 0 Å². The van der Waals surface area contributed by atoms with Crippen molar-refractivity contribution in [2.75, 3.05) is 0 Å². The second kappa shape index (κ2) is 6.41. The van der Waals surface area contributed by atoms with Gasteiger partial charge in [-0.25, -0.2) is 0 Å². The summed E-state index contributed by atoms with van der Waals surface area (Å²) in [4.78, 5) is 10.7. The summed E-state index contributed by atoms with van der Waals surface area (Å²) in [6.07, 6.45) is 5.21. The van der Waals surface area contributed by atoms with Gasteiger partial charge in [0.2, 0.25) is 0 Å². The van der Waals surface area contributed by atoms with Crippen molar-refractivity contribution < 1.29 is 9.18 Å². The molecule has 88 valence electrons. The van der Waals surface area contributed by atoms with Crippen LogP contribution in [0.5, 0.6) is 0 Å². The third-order valence-corrected chi connectivity index (χ3v) is 2.76. The summed E-state index contributed by atoms with van der Waals surface area (Å²) in [6.45, 7) is 4.16. The number of aryl methyl sites for hydroxylation is 2. The minimum absolute atomic E-state index is 0.200. The zero-order valence-electron chi connectivity index (χ0n) is 10.1. The first-order valence-electron chi connectivity index (χ1n) is 6.00. The second-order valence-electron chi connectivity index (χ2n) is 4.12. The van der Waals surface area contributed by atoms with Crippen LogP contribution < -0.4 is 0 Å². The van der Waals surface area contributed by atoms with E-state index in [1.807, 2.05) is 6.92 Å². The summed E-state index contributed by atoms with van der Waals surface area (Å²) in [7, 11) is 0. The SMILES string of the molecule is CCCCCc1cc(CC)cc(C(=O)F)c1. The highest BCUT2D eigenvalue weighted by molar-refractivity contribution is 5.88. The average molecular weight is 222 g/mol. The van der Waals surface area contributed by atoms with Crippen molar-refractivity contribution in [2.24, 2.45) is 0 Å². The number of hydrogen-bond donors (Lipinski definition) is 0. The fourth-order valence-electron chi connectivity index (χ4n) is 1.80. The molecule has 0 fully saturated rings. The Morgan fingerprint density at radius 2 is 1.81 bits per heavy atom. The molecule has 0 spiro atoms. The molecule has 16 heavy (non-hydrogen) atoms. The van der Waals surface area contributed by atoms with Crippen molar-refractivity contribution in [3.05, 3.63) is 34.9 Å². The molecule has 2 heteroatoms. The minimum atomic E-state index is -1.33. The van der Waals surface area contributed by atoms with Crippen molar-refractivity contribution >= 4 is 6.04 Å². The van der Waals surface area contributed by atoms with Gasteiger partial charge in [-0.1, -0.05) is 32.8 Å². The molecule has 0 unspecified atom stereocenters. The van der Waals surface area contributed by atoms with E-state index in [-0.39, 0.29) is 5.56 Å². The van der Waals surface area contributed by atoms with Crippen LogP contribution >= 0.6 is 0 Å². The van der Waals surface area contributed by atoms with Crippen LogP contribution in [0, 0.1) is 0 Å². The van der Waals surface area contributed by atoms with E-state index < -0.39 is 6.04 Å². The van der Waals surface area contributed by atoms with E-state index in [0.29, 0.717) is 0 Å². The molecule has 0 saturated carbocycles. The Hall–Kier alpha value is -1.18. The molecular formula is C14H19FO. The van der Waals surface area contributed by atoms with Crippen molar-refractivity contribution in [3.8, 4) is 0 Å². The molecule has 1 nitrogen and oxygen atoms in total. The van der Waals surface area contributed by atoms with E-state index in [9.17, 15) is 9.18 Å². The number of halogens is 1. The van der Waals surface area contributed by atoms with Crippen LogP contribution in [-0.2, 0) is 12.8 Å². The molecule has 0 aliphatic rings. The molecule has 0 saturated heterocycles. The van der Waals surface area contributed by atoms with E-state index in [4.69, 9.17) is 0 Å². The monoisotopic (exact) mass is 222 g/mol. The first-order chi connectivity index (χ1) is 7.67.